The first-order valence-corrected chi connectivity index (χ1v) is 11.3. The lowest BCUT2D eigenvalue weighted by Crippen LogP contribution is -2.23. The van der Waals surface area contributed by atoms with Gasteiger partial charge in [-0.2, -0.15) is 0 Å². The van der Waals surface area contributed by atoms with Crippen LogP contribution in [0.5, 0.6) is 0 Å². The van der Waals surface area contributed by atoms with E-state index in [0.29, 0.717) is 5.03 Å². The Morgan fingerprint density at radius 1 is 1.19 bits per heavy atom. The van der Waals surface area contributed by atoms with Gasteiger partial charge in [0.1, 0.15) is 27.5 Å². The molecule has 0 aliphatic rings. The number of furan rings is 1. The van der Waals surface area contributed by atoms with Crippen LogP contribution < -0.4 is 5.32 Å². The van der Waals surface area contributed by atoms with Gasteiger partial charge in [0.2, 0.25) is 5.88 Å². The number of aryl methyl sites for hydroxylation is 1. The number of thioether (sulfide) groups is 1. The minimum Gasteiger partial charge on any atom is -0.462 e. The van der Waals surface area contributed by atoms with E-state index < -0.39 is 30.2 Å². The van der Waals surface area contributed by atoms with Crippen molar-refractivity contribution in [3.8, 4) is 0 Å². The molecule has 0 atom stereocenters. The maximum absolute atomic E-state index is 12.3. The fourth-order valence-corrected chi connectivity index (χ4v) is 4.39. The molecule has 3 aromatic heterocycles. The molecule has 0 saturated heterocycles. The quantitative estimate of drug-likeness (QED) is 0.211. The molecule has 0 bridgehead atoms. The monoisotopic (exact) mass is 477 g/mol. The number of nitrogens with zero attached hydrogens (tertiary/aromatic N) is 2. The van der Waals surface area contributed by atoms with E-state index in [2.05, 4.69) is 15.3 Å². The highest BCUT2D eigenvalue weighted by atomic mass is 32.2. The number of fused-ring (bicyclic) bond motifs is 1. The smallest absolute Gasteiger partial charge is 0.344 e. The number of ketones is 1. The van der Waals surface area contributed by atoms with E-state index in [4.69, 9.17) is 13.9 Å². The minimum absolute atomic E-state index is 0.0248. The number of esters is 2. The average molecular weight is 478 g/mol. The summed E-state index contributed by atoms with van der Waals surface area (Å²) in [7, 11) is 0. The second-order valence-corrected chi connectivity index (χ2v) is 8.19. The maximum Gasteiger partial charge on any atom is 0.344 e. The molecule has 0 aliphatic heterocycles. The zero-order valence-electron chi connectivity index (χ0n) is 17.4. The number of amides is 1. The molecule has 12 heteroatoms. The summed E-state index contributed by atoms with van der Waals surface area (Å²) in [6, 6.07) is 1.86. The number of ether oxygens (including phenoxy) is 2. The first-order valence-electron chi connectivity index (χ1n) is 9.39. The van der Waals surface area contributed by atoms with Crippen molar-refractivity contribution in [1.29, 1.82) is 0 Å². The molecular weight excluding hydrogens is 458 g/mol. The number of aromatic nitrogens is 2. The molecule has 0 radical (unpaired) electrons. The van der Waals surface area contributed by atoms with E-state index >= 15 is 0 Å². The third-order valence-electron chi connectivity index (χ3n) is 4.09. The summed E-state index contributed by atoms with van der Waals surface area (Å²) >= 11 is 2.64. The Labute approximate surface area is 190 Å². The number of nitrogens with one attached hydrogen (secondary N) is 1. The van der Waals surface area contributed by atoms with E-state index in [1.54, 1.807) is 6.92 Å². The lowest BCUT2D eigenvalue weighted by molar-refractivity contribution is -0.144. The summed E-state index contributed by atoms with van der Waals surface area (Å²) in [5.74, 6) is -2.71. The molecule has 0 fully saturated rings. The van der Waals surface area contributed by atoms with E-state index in [-0.39, 0.29) is 35.1 Å². The van der Waals surface area contributed by atoms with Crippen molar-refractivity contribution in [3.63, 3.8) is 0 Å². The number of hydrogen-bond acceptors (Lipinski definition) is 11. The predicted molar refractivity (Wildman–Crippen MR) is 117 cm³/mol. The average Bonchev–Trinajstić information content (AvgIpc) is 3.35. The normalized spacial score (nSPS) is 10.7. The Balaban J connectivity index is 1.59. The fraction of sp³-hybridized carbons (Fsp3) is 0.300. The second-order valence-electron chi connectivity index (χ2n) is 6.33. The molecule has 168 valence electrons. The molecule has 3 heterocycles. The van der Waals surface area contributed by atoms with Crippen LogP contribution in [0, 0.1) is 6.92 Å². The standard InChI is InChI=1S/C20H19N3O7S2/c1-4-28-20(27)16-15(10(2)24)11(3)30-17(16)23-13(25)7-29-14(26)8-32-19-12-5-6-31-18(12)21-9-22-19/h5-6,9H,4,7-8H2,1-3H3,(H,23,25). The van der Waals surface area contributed by atoms with Crippen molar-refractivity contribution < 1.29 is 33.1 Å². The molecule has 10 nitrogen and oxygen atoms in total. The lowest BCUT2D eigenvalue weighted by Gasteiger charge is -2.07. The molecule has 3 rings (SSSR count). The zero-order valence-corrected chi connectivity index (χ0v) is 19.1. The largest absolute Gasteiger partial charge is 0.462 e. The number of anilines is 1. The highest BCUT2D eigenvalue weighted by molar-refractivity contribution is 8.00. The van der Waals surface area contributed by atoms with Gasteiger partial charge in [-0.3, -0.25) is 19.7 Å². The van der Waals surface area contributed by atoms with Gasteiger partial charge in [-0.05, 0) is 32.2 Å². The van der Waals surface area contributed by atoms with Gasteiger partial charge in [-0.25, -0.2) is 14.8 Å². The summed E-state index contributed by atoms with van der Waals surface area (Å²) in [6.45, 7) is 3.84. The van der Waals surface area contributed by atoms with Crippen LogP contribution >= 0.6 is 23.1 Å². The summed E-state index contributed by atoms with van der Waals surface area (Å²) < 4.78 is 15.3. The predicted octanol–water partition coefficient (Wildman–Crippen LogP) is 3.25. The molecule has 0 aromatic carbocycles. The molecule has 32 heavy (non-hydrogen) atoms. The van der Waals surface area contributed by atoms with E-state index in [1.807, 2.05) is 11.4 Å². The van der Waals surface area contributed by atoms with Gasteiger partial charge in [0.05, 0.1) is 17.9 Å². The van der Waals surface area contributed by atoms with Crippen molar-refractivity contribution in [2.24, 2.45) is 0 Å². The van der Waals surface area contributed by atoms with Crippen molar-refractivity contribution in [3.05, 3.63) is 34.7 Å². The Hall–Kier alpha value is -3.25. The molecular formula is C20H19N3O7S2. The van der Waals surface area contributed by atoms with Crippen LogP contribution in [0.4, 0.5) is 5.88 Å². The second kappa shape index (κ2) is 10.4. The van der Waals surface area contributed by atoms with E-state index in [1.165, 1.54) is 43.3 Å². The van der Waals surface area contributed by atoms with Crippen molar-refractivity contribution >= 4 is 62.8 Å². The van der Waals surface area contributed by atoms with Crippen molar-refractivity contribution in [1.82, 2.24) is 9.97 Å². The number of Topliss-reactive ketones (excluding diaryl/α,β-unsaturated/α-hetero) is 1. The van der Waals surface area contributed by atoms with Crippen LogP contribution in [0.15, 0.2) is 27.2 Å². The number of hydrogen-bond donors (Lipinski definition) is 1. The minimum atomic E-state index is -0.803. The van der Waals surface area contributed by atoms with Gasteiger partial charge >= 0.3 is 11.9 Å². The highest BCUT2D eigenvalue weighted by Gasteiger charge is 2.28. The van der Waals surface area contributed by atoms with Gasteiger partial charge in [-0.15, -0.1) is 11.3 Å². The SMILES string of the molecule is CCOC(=O)c1c(NC(=O)COC(=O)CSc2ncnc3sccc23)oc(C)c1C(C)=O. The van der Waals surface area contributed by atoms with Crippen molar-refractivity contribution in [2.75, 3.05) is 24.3 Å². The van der Waals surface area contributed by atoms with E-state index in [9.17, 15) is 19.2 Å². The molecule has 0 unspecified atom stereocenters. The summed E-state index contributed by atoms with van der Waals surface area (Å²) in [4.78, 5) is 57.6. The molecule has 0 spiro atoms. The third-order valence-corrected chi connectivity index (χ3v) is 5.88. The van der Waals surface area contributed by atoms with E-state index in [0.717, 1.165) is 10.2 Å². The number of carbonyl (C=O) groups excluding carboxylic acids is 4. The van der Waals surface area contributed by atoms with Crippen molar-refractivity contribution in [2.45, 2.75) is 25.8 Å². The first-order chi connectivity index (χ1) is 15.3. The van der Waals surface area contributed by atoms with Crippen LogP contribution in [0.3, 0.4) is 0 Å². The third kappa shape index (κ3) is 5.32. The summed E-state index contributed by atoms with van der Waals surface area (Å²) in [5, 5.41) is 5.71. The zero-order chi connectivity index (χ0) is 23.3. The molecule has 3 aromatic rings. The Morgan fingerprint density at radius 3 is 2.69 bits per heavy atom. The van der Waals surface area contributed by atoms with Gasteiger partial charge in [-0.1, -0.05) is 11.8 Å². The van der Waals surface area contributed by atoms with Gasteiger partial charge < -0.3 is 13.9 Å². The number of thiophene rings is 1. The Kier molecular flexibility index (Phi) is 7.59. The van der Waals surface area contributed by atoms with Gasteiger partial charge in [0.15, 0.2) is 12.4 Å². The lowest BCUT2D eigenvalue weighted by atomic mass is 10.1. The topological polar surface area (TPSA) is 138 Å². The number of rotatable bonds is 9. The summed E-state index contributed by atoms with van der Waals surface area (Å²) in [6.07, 6.45) is 1.42. The molecule has 0 aliphatic carbocycles. The maximum atomic E-state index is 12.3. The fourth-order valence-electron chi connectivity index (χ4n) is 2.81. The van der Waals surface area contributed by atoms with Crippen LogP contribution in [0.25, 0.3) is 10.2 Å². The summed E-state index contributed by atoms with van der Waals surface area (Å²) in [5.41, 5.74) is -0.146. The van der Waals surface area contributed by atoms with Crippen LogP contribution in [-0.4, -0.2) is 52.6 Å². The highest BCUT2D eigenvalue weighted by Crippen LogP contribution is 2.29. The Bertz CT molecular complexity index is 1190. The molecule has 1 N–H and O–H groups in total. The van der Waals surface area contributed by atoms with Crippen LogP contribution in [0.2, 0.25) is 0 Å². The Morgan fingerprint density at radius 2 is 1.97 bits per heavy atom. The van der Waals surface area contributed by atoms with Crippen LogP contribution in [0.1, 0.15) is 40.3 Å². The van der Waals surface area contributed by atoms with Crippen LogP contribution in [-0.2, 0) is 19.1 Å². The molecule has 1 amide bonds. The first kappa shape index (κ1) is 23.4. The van der Waals surface area contributed by atoms with Gasteiger partial charge in [0, 0.05) is 5.39 Å². The number of carbonyl (C=O) groups is 4. The van der Waals surface area contributed by atoms with Gasteiger partial charge in [0.25, 0.3) is 5.91 Å². The molecule has 0 saturated carbocycles.